The number of nitriles is 1. The molecule has 0 saturated carbocycles. The molecule has 1 aromatic carbocycles. The summed E-state index contributed by atoms with van der Waals surface area (Å²) in [5, 5.41) is 26.0. The van der Waals surface area contributed by atoms with E-state index in [9.17, 15) is 10.1 Å². The van der Waals surface area contributed by atoms with Crippen LogP contribution in [0.3, 0.4) is 0 Å². The number of hydrogen-bond acceptors (Lipinski definition) is 5. The largest absolute Gasteiger partial charge is 0.271 e. The second-order valence-corrected chi connectivity index (χ2v) is 4.21. The molecule has 0 fully saturated rings. The molecule has 1 heterocycles. The number of aryl methyl sites for hydroxylation is 1. The van der Waals surface area contributed by atoms with E-state index >= 15 is 0 Å². The highest BCUT2D eigenvalue weighted by Gasteiger charge is 2.08. The van der Waals surface area contributed by atoms with Crippen molar-refractivity contribution in [3.05, 3.63) is 34.5 Å². The number of aromatic nitrogens is 2. The van der Waals surface area contributed by atoms with E-state index in [4.69, 9.17) is 5.26 Å². The molecule has 2 aromatic rings. The predicted octanol–water partition coefficient (Wildman–Crippen LogP) is 2.16. The van der Waals surface area contributed by atoms with Gasteiger partial charge in [0.15, 0.2) is 0 Å². The van der Waals surface area contributed by atoms with Gasteiger partial charge in [-0.3, -0.25) is 14.8 Å². The van der Waals surface area contributed by atoms with Gasteiger partial charge >= 0.3 is 0 Å². The van der Waals surface area contributed by atoms with Crippen LogP contribution in [0.2, 0.25) is 0 Å². The molecule has 2 rings (SSSR count). The summed E-state index contributed by atoms with van der Waals surface area (Å²) >= 11 is 1.16. The summed E-state index contributed by atoms with van der Waals surface area (Å²) in [6.07, 6.45) is 1.82. The molecule has 0 aliphatic heterocycles. The summed E-state index contributed by atoms with van der Waals surface area (Å²) in [6.45, 7) is 0.612. The average molecular weight is 248 g/mol. The Morgan fingerprint density at radius 2 is 2.41 bits per heavy atom. The summed E-state index contributed by atoms with van der Waals surface area (Å²) in [7, 11) is 0. The Hall–Kier alpha value is -2.07. The standard InChI is InChI=1S/C10H8N4O2S/c11-7-17-4-3-13-6-8-1-2-9(14(15)16)5-10(8)12-13/h1-2,5-6H,3-4H2. The Morgan fingerprint density at radius 1 is 1.59 bits per heavy atom. The van der Waals surface area contributed by atoms with Gasteiger partial charge in [-0.05, 0) is 17.8 Å². The normalized spacial score (nSPS) is 10.3. The van der Waals surface area contributed by atoms with Crippen molar-refractivity contribution in [1.82, 2.24) is 9.78 Å². The van der Waals surface area contributed by atoms with Gasteiger partial charge in [0.2, 0.25) is 0 Å². The van der Waals surface area contributed by atoms with E-state index in [-0.39, 0.29) is 5.69 Å². The first-order chi connectivity index (χ1) is 8.20. The topological polar surface area (TPSA) is 84.8 Å². The minimum atomic E-state index is -0.440. The smallest absolute Gasteiger partial charge is 0.271 e. The third kappa shape index (κ3) is 2.54. The second-order valence-electron chi connectivity index (χ2n) is 3.33. The minimum Gasteiger partial charge on any atom is -0.271 e. The predicted molar refractivity (Wildman–Crippen MR) is 64.5 cm³/mol. The van der Waals surface area contributed by atoms with Gasteiger partial charge in [0.1, 0.15) is 5.40 Å². The molecule has 0 spiro atoms. The van der Waals surface area contributed by atoms with E-state index in [1.165, 1.54) is 12.1 Å². The number of non-ortho nitro benzene ring substituents is 1. The maximum atomic E-state index is 10.6. The average Bonchev–Trinajstić information content (AvgIpc) is 2.70. The van der Waals surface area contributed by atoms with Gasteiger partial charge in [-0.25, -0.2) is 0 Å². The summed E-state index contributed by atoms with van der Waals surface area (Å²) in [5.74, 6) is 0.645. The van der Waals surface area contributed by atoms with E-state index in [0.29, 0.717) is 17.8 Å². The van der Waals surface area contributed by atoms with Crippen LogP contribution in [0.5, 0.6) is 0 Å². The van der Waals surface area contributed by atoms with Crippen molar-refractivity contribution in [2.45, 2.75) is 6.54 Å². The van der Waals surface area contributed by atoms with Crippen LogP contribution in [0.15, 0.2) is 24.4 Å². The first-order valence-corrected chi connectivity index (χ1v) is 5.82. The van der Waals surface area contributed by atoms with Gasteiger partial charge in [-0.2, -0.15) is 10.4 Å². The lowest BCUT2D eigenvalue weighted by molar-refractivity contribution is -0.384. The summed E-state index contributed by atoms with van der Waals surface area (Å²) in [4.78, 5) is 10.2. The van der Waals surface area contributed by atoms with Crippen molar-refractivity contribution in [3.8, 4) is 5.40 Å². The first-order valence-electron chi connectivity index (χ1n) is 4.83. The zero-order chi connectivity index (χ0) is 12.3. The highest BCUT2D eigenvalue weighted by Crippen LogP contribution is 2.19. The van der Waals surface area contributed by atoms with E-state index in [1.54, 1.807) is 10.7 Å². The molecule has 0 aliphatic rings. The molecule has 86 valence electrons. The van der Waals surface area contributed by atoms with Crippen molar-refractivity contribution in [3.63, 3.8) is 0 Å². The molecule has 17 heavy (non-hydrogen) atoms. The minimum absolute atomic E-state index is 0.0362. The van der Waals surface area contributed by atoms with E-state index in [1.807, 2.05) is 11.6 Å². The molecule has 0 saturated heterocycles. The van der Waals surface area contributed by atoms with Crippen LogP contribution < -0.4 is 0 Å². The number of benzene rings is 1. The molecule has 6 nitrogen and oxygen atoms in total. The quantitative estimate of drug-likeness (QED) is 0.358. The summed E-state index contributed by atoms with van der Waals surface area (Å²) in [5.41, 5.74) is 0.635. The Morgan fingerprint density at radius 3 is 3.12 bits per heavy atom. The van der Waals surface area contributed by atoms with Gasteiger partial charge in [-0.1, -0.05) is 0 Å². The summed E-state index contributed by atoms with van der Waals surface area (Å²) in [6, 6.07) is 4.58. The number of rotatable bonds is 4. The Bertz CT molecular complexity index is 602. The van der Waals surface area contributed by atoms with Gasteiger partial charge < -0.3 is 0 Å². The van der Waals surface area contributed by atoms with Crippen LogP contribution >= 0.6 is 11.8 Å². The third-order valence-electron chi connectivity index (χ3n) is 2.24. The molecule has 0 aliphatic carbocycles. The van der Waals surface area contributed by atoms with Crippen LogP contribution in [0, 0.1) is 20.8 Å². The maximum absolute atomic E-state index is 10.6. The maximum Gasteiger partial charge on any atom is 0.271 e. The van der Waals surface area contributed by atoms with Crippen LogP contribution in [0.1, 0.15) is 0 Å². The van der Waals surface area contributed by atoms with E-state index < -0.39 is 4.92 Å². The SMILES string of the molecule is N#CSCCn1cc2ccc([N+](=O)[O-])cc2n1. The van der Waals surface area contributed by atoms with E-state index in [2.05, 4.69) is 5.10 Å². The zero-order valence-corrected chi connectivity index (χ0v) is 9.55. The number of nitro benzene ring substituents is 1. The molecule has 0 radical (unpaired) electrons. The van der Waals surface area contributed by atoms with Crippen LogP contribution in [-0.4, -0.2) is 20.5 Å². The van der Waals surface area contributed by atoms with Crippen LogP contribution in [-0.2, 0) is 6.54 Å². The lowest BCUT2D eigenvalue weighted by Gasteiger charge is -1.95. The molecule has 0 unspecified atom stereocenters. The van der Waals surface area contributed by atoms with Gasteiger partial charge in [-0.15, -0.1) is 0 Å². The fraction of sp³-hybridized carbons (Fsp3) is 0.200. The first kappa shape index (κ1) is 11.4. The Balaban J connectivity index is 2.25. The van der Waals surface area contributed by atoms with Crippen LogP contribution in [0.25, 0.3) is 10.9 Å². The lowest BCUT2D eigenvalue weighted by atomic mass is 10.2. The molecule has 0 bridgehead atoms. The molecular formula is C10H8N4O2S. The Labute approximate surface area is 101 Å². The Kier molecular flexibility index (Phi) is 3.25. The fourth-order valence-electron chi connectivity index (χ4n) is 1.47. The van der Waals surface area contributed by atoms with Crippen molar-refractivity contribution in [2.75, 3.05) is 5.75 Å². The molecular weight excluding hydrogens is 240 g/mol. The third-order valence-corrected chi connectivity index (χ3v) is 2.75. The summed E-state index contributed by atoms with van der Waals surface area (Å²) < 4.78 is 1.69. The van der Waals surface area contributed by atoms with Crippen molar-refractivity contribution in [1.29, 1.82) is 5.26 Å². The number of thioether (sulfide) groups is 1. The molecule has 1 aromatic heterocycles. The molecule has 0 N–H and O–H groups in total. The monoisotopic (exact) mass is 248 g/mol. The fourth-order valence-corrected chi connectivity index (χ4v) is 1.84. The van der Waals surface area contributed by atoms with Gasteiger partial charge in [0.05, 0.1) is 17.0 Å². The number of fused-ring (bicyclic) bond motifs is 1. The number of hydrogen-bond donors (Lipinski definition) is 0. The van der Waals surface area contributed by atoms with Crippen molar-refractivity contribution >= 4 is 28.4 Å². The highest BCUT2D eigenvalue weighted by atomic mass is 32.2. The molecule has 0 atom stereocenters. The van der Waals surface area contributed by atoms with Gasteiger partial charge in [0, 0.05) is 29.5 Å². The van der Waals surface area contributed by atoms with Gasteiger partial charge in [0.25, 0.3) is 5.69 Å². The van der Waals surface area contributed by atoms with E-state index in [0.717, 1.165) is 17.1 Å². The highest BCUT2D eigenvalue weighted by molar-refractivity contribution is 8.03. The lowest BCUT2D eigenvalue weighted by Crippen LogP contribution is -1.99. The zero-order valence-electron chi connectivity index (χ0n) is 8.74. The van der Waals surface area contributed by atoms with Crippen molar-refractivity contribution in [2.24, 2.45) is 0 Å². The molecule has 7 heteroatoms. The second kappa shape index (κ2) is 4.84. The number of nitrogens with zero attached hydrogens (tertiary/aromatic N) is 4. The number of thiocyanates is 1. The molecule has 0 amide bonds. The van der Waals surface area contributed by atoms with Crippen LogP contribution in [0.4, 0.5) is 5.69 Å². The van der Waals surface area contributed by atoms with Crippen molar-refractivity contribution < 1.29 is 4.92 Å². The number of nitro groups is 1.